The summed E-state index contributed by atoms with van der Waals surface area (Å²) in [5.41, 5.74) is -0.209. The van der Waals surface area contributed by atoms with Crippen LogP contribution in [0.1, 0.15) is 22.8 Å². The lowest BCUT2D eigenvalue weighted by Crippen LogP contribution is -2.24. The third-order valence-corrected chi connectivity index (χ3v) is 2.80. The number of carboxylic acids is 1. The summed E-state index contributed by atoms with van der Waals surface area (Å²) in [7, 11) is 1.81. The Morgan fingerprint density at radius 3 is 2.75 bits per heavy atom. The van der Waals surface area contributed by atoms with Gasteiger partial charge in [-0.1, -0.05) is 12.1 Å². The lowest BCUT2D eigenvalue weighted by atomic mass is 10.0. The molecule has 0 fully saturated rings. The number of carbonyl (C=O) groups is 1. The van der Waals surface area contributed by atoms with Gasteiger partial charge in [0.1, 0.15) is 5.56 Å². The predicted molar refractivity (Wildman–Crippen MR) is 72.9 cm³/mol. The summed E-state index contributed by atoms with van der Waals surface area (Å²) in [6.07, 6.45) is 0. The molecular weight excluding hydrogens is 264 g/mol. The Morgan fingerprint density at radius 2 is 2.20 bits per heavy atom. The van der Waals surface area contributed by atoms with Crippen molar-refractivity contribution in [2.45, 2.75) is 13.5 Å². The van der Waals surface area contributed by atoms with Crippen LogP contribution >= 0.6 is 0 Å². The first-order chi connectivity index (χ1) is 9.47. The summed E-state index contributed by atoms with van der Waals surface area (Å²) in [5, 5.41) is 20.1. The van der Waals surface area contributed by atoms with Crippen LogP contribution in [-0.2, 0) is 11.3 Å². The highest BCUT2D eigenvalue weighted by molar-refractivity contribution is 5.94. The maximum absolute atomic E-state index is 11.2. The van der Waals surface area contributed by atoms with Crippen LogP contribution in [-0.4, -0.2) is 47.7 Å². The van der Waals surface area contributed by atoms with E-state index in [1.165, 1.54) is 12.1 Å². The molecule has 0 amide bonds. The van der Waals surface area contributed by atoms with Crippen molar-refractivity contribution in [3.05, 3.63) is 39.4 Å². The number of hydrogen-bond acceptors (Lipinski definition) is 5. The second-order valence-electron chi connectivity index (χ2n) is 4.31. The van der Waals surface area contributed by atoms with Gasteiger partial charge in [-0.3, -0.25) is 15.0 Å². The number of benzene rings is 1. The first-order valence-corrected chi connectivity index (χ1v) is 6.23. The van der Waals surface area contributed by atoms with Gasteiger partial charge in [0.25, 0.3) is 5.69 Å². The minimum absolute atomic E-state index is 0.249. The largest absolute Gasteiger partial charge is 0.477 e. The van der Waals surface area contributed by atoms with Crippen molar-refractivity contribution in [3.8, 4) is 0 Å². The van der Waals surface area contributed by atoms with E-state index in [4.69, 9.17) is 4.74 Å². The molecule has 0 atom stereocenters. The van der Waals surface area contributed by atoms with E-state index in [0.29, 0.717) is 31.9 Å². The lowest BCUT2D eigenvalue weighted by Gasteiger charge is -2.17. The summed E-state index contributed by atoms with van der Waals surface area (Å²) in [4.78, 5) is 23.3. The van der Waals surface area contributed by atoms with Crippen LogP contribution in [0.3, 0.4) is 0 Å². The van der Waals surface area contributed by atoms with Gasteiger partial charge in [0.05, 0.1) is 11.5 Å². The van der Waals surface area contributed by atoms with E-state index < -0.39 is 10.9 Å². The Kier molecular flexibility index (Phi) is 6.08. The van der Waals surface area contributed by atoms with E-state index in [1.54, 1.807) is 6.07 Å². The smallest absolute Gasteiger partial charge is 0.343 e. The first-order valence-electron chi connectivity index (χ1n) is 6.23. The molecule has 0 heterocycles. The highest BCUT2D eigenvalue weighted by atomic mass is 16.6. The second kappa shape index (κ2) is 7.56. The number of nitro benzene ring substituents is 1. The quantitative estimate of drug-likeness (QED) is 0.443. The van der Waals surface area contributed by atoms with E-state index in [0.717, 1.165) is 0 Å². The standard InChI is InChI=1S/C13H18N2O5/c1-3-20-8-7-14(2)9-10-5-4-6-11(15(18)19)12(10)13(16)17/h4-6H,3,7-9H2,1-2H3,(H,16,17). The molecule has 0 aliphatic heterocycles. The highest BCUT2D eigenvalue weighted by Crippen LogP contribution is 2.23. The molecule has 1 N–H and O–H groups in total. The van der Waals surface area contributed by atoms with Gasteiger partial charge in [-0.05, 0) is 19.5 Å². The number of nitrogens with zero attached hydrogens (tertiary/aromatic N) is 2. The average molecular weight is 282 g/mol. The van der Waals surface area contributed by atoms with Crippen molar-refractivity contribution in [1.82, 2.24) is 4.90 Å². The molecule has 1 aromatic carbocycles. The third kappa shape index (κ3) is 4.29. The molecule has 0 saturated carbocycles. The van der Waals surface area contributed by atoms with Gasteiger partial charge in [0.15, 0.2) is 0 Å². The minimum atomic E-state index is -1.29. The van der Waals surface area contributed by atoms with E-state index >= 15 is 0 Å². The summed E-state index contributed by atoms with van der Waals surface area (Å²) in [5.74, 6) is -1.29. The summed E-state index contributed by atoms with van der Waals surface area (Å²) < 4.78 is 5.22. The first kappa shape index (κ1) is 16.1. The van der Waals surface area contributed by atoms with Gasteiger partial charge in [-0.2, -0.15) is 0 Å². The topological polar surface area (TPSA) is 92.9 Å². The van der Waals surface area contributed by atoms with Gasteiger partial charge in [-0.15, -0.1) is 0 Å². The van der Waals surface area contributed by atoms with E-state index in [-0.39, 0.29) is 11.3 Å². The number of carboxylic acid groups (broad SMARTS) is 1. The van der Waals surface area contributed by atoms with Gasteiger partial charge in [-0.25, -0.2) is 4.79 Å². The van der Waals surface area contributed by atoms with Crippen molar-refractivity contribution < 1.29 is 19.6 Å². The molecule has 110 valence electrons. The average Bonchev–Trinajstić information content (AvgIpc) is 2.38. The van der Waals surface area contributed by atoms with Crippen molar-refractivity contribution in [2.75, 3.05) is 26.8 Å². The van der Waals surface area contributed by atoms with Gasteiger partial charge >= 0.3 is 5.97 Å². The highest BCUT2D eigenvalue weighted by Gasteiger charge is 2.23. The maximum atomic E-state index is 11.2. The molecule has 7 heteroatoms. The molecule has 0 spiro atoms. The van der Waals surface area contributed by atoms with Crippen molar-refractivity contribution in [3.63, 3.8) is 0 Å². The molecule has 1 rings (SSSR count). The van der Waals surface area contributed by atoms with Gasteiger partial charge in [0, 0.05) is 25.8 Å². The summed E-state index contributed by atoms with van der Waals surface area (Å²) in [6, 6.07) is 4.29. The van der Waals surface area contributed by atoms with Crippen LogP contribution in [0.5, 0.6) is 0 Å². The molecule has 0 aromatic heterocycles. The van der Waals surface area contributed by atoms with Gasteiger partial charge in [0.2, 0.25) is 0 Å². The number of ether oxygens (including phenoxy) is 1. The number of rotatable bonds is 8. The Labute approximate surface area is 116 Å². The fourth-order valence-electron chi connectivity index (χ4n) is 1.85. The van der Waals surface area contributed by atoms with E-state index in [1.807, 2.05) is 18.9 Å². The Bertz CT molecular complexity index is 490. The molecule has 7 nitrogen and oxygen atoms in total. The molecule has 0 radical (unpaired) electrons. The minimum Gasteiger partial charge on any atom is -0.477 e. The SMILES string of the molecule is CCOCCN(C)Cc1cccc([N+](=O)[O-])c1C(=O)O. The number of likely N-dealkylation sites (N-methyl/N-ethyl adjacent to an activating group) is 1. The van der Waals surface area contributed by atoms with Crippen molar-refractivity contribution in [2.24, 2.45) is 0 Å². The molecular formula is C13H18N2O5. The predicted octanol–water partition coefficient (Wildman–Crippen LogP) is 1.76. The number of hydrogen-bond donors (Lipinski definition) is 1. The van der Waals surface area contributed by atoms with Crippen molar-refractivity contribution in [1.29, 1.82) is 0 Å². The molecule has 0 aliphatic rings. The number of aromatic carboxylic acids is 1. The maximum Gasteiger partial charge on any atom is 0.343 e. The molecule has 0 bridgehead atoms. The van der Waals surface area contributed by atoms with Crippen LogP contribution in [0.4, 0.5) is 5.69 Å². The van der Waals surface area contributed by atoms with Crippen LogP contribution in [0.15, 0.2) is 18.2 Å². The summed E-state index contributed by atoms with van der Waals surface area (Å²) >= 11 is 0. The fourth-order valence-corrected chi connectivity index (χ4v) is 1.85. The van der Waals surface area contributed by atoms with Crippen molar-refractivity contribution >= 4 is 11.7 Å². The zero-order chi connectivity index (χ0) is 15.1. The van der Waals surface area contributed by atoms with E-state index in [9.17, 15) is 20.0 Å². The Morgan fingerprint density at radius 1 is 1.50 bits per heavy atom. The normalized spacial score (nSPS) is 10.8. The number of nitro groups is 1. The molecule has 0 aliphatic carbocycles. The molecule has 0 unspecified atom stereocenters. The van der Waals surface area contributed by atoms with Crippen LogP contribution in [0.25, 0.3) is 0 Å². The monoisotopic (exact) mass is 282 g/mol. The van der Waals surface area contributed by atoms with Crippen LogP contribution < -0.4 is 0 Å². The van der Waals surface area contributed by atoms with Gasteiger partial charge < -0.3 is 9.84 Å². The third-order valence-electron chi connectivity index (χ3n) is 2.80. The fraction of sp³-hybridized carbons (Fsp3) is 0.462. The molecule has 0 saturated heterocycles. The molecule has 1 aromatic rings. The lowest BCUT2D eigenvalue weighted by molar-refractivity contribution is -0.385. The van der Waals surface area contributed by atoms with E-state index in [2.05, 4.69) is 0 Å². The van der Waals surface area contributed by atoms with Crippen LogP contribution in [0, 0.1) is 10.1 Å². The zero-order valence-corrected chi connectivity index (χ0v) is 11.5. The summed E-state index contributed by atoms with van der Waals surface area (Å²) in [6.45, 7) is 3.98. The zero-order valence-electron chi connectivity index (χ0n) is 11.5. The molecule has 20 heavy (non-hydrogen) atoms. The Hall–Kier alpha value is -1.99. The second-order valence-corrected chi connectivity index (χ2v) is 4.31. The van der Waals surface area contributed by atoms with Crippen LogP contribution in [0.2, 0.25) is 0 Å². The Balaban J connectivity index is 2.92.